The van der Waals surface area contributed by atoms with Crippen molar-refractivity contribution in [2.24, 2.45) is 0 Å². The van der Waals surface area contributed by atoms with Crippen LogP contribution in [-0.2, 0) is 4.79 Å². The largest absolute Gasteiger partial charge is 0.481 e. The van der Waals surface area contributed by atoms with Crippen LogP contribution in [0.3, 0.4) is 0 Å². The van der Waals surface area contributed by atoms with Gasteiger partial charge in [0.2, 0.25) is 12.3 Å². The maximum atomic E-state index is 14.3. The van der Waals surface area contributed by atoms with E-state index in [2.05, 4.69) is 15.4 Å². The number of pyridine rings is 1. The first-order valence-electron chi connectivity index (χ1n) is 9.12. The van der Waals surface area contributed by atoms with E-state index in [4.69, 9.17) is 4.74 Å². The van der Waals surface area contributed by atoms with Gasteiger partial charge < -0.3 is 15.0 Å². The van der Waals surface area contributed by atoms with Gasteiger partial charge in [-0.1, -0.05) is 0 Å². The van der Waals surface area contributed by atoms with Crippen molar-refractivity contribution in [2.45, 2.75) is 37.3 Å². The molecule has 1 N–H and O–H groups in total. The van der Waals surface area contributed by atoms with Crippen LogP contribution in [0.25, 0.3) is 11.3 Å². The maximum absolute atomic E-state index is 14.3. The molecule has 2 aromatic heterocycles. The zero-order valence-corrected chi connectivity index (χ0v) is 16.4. The lowest BCUT2D eigenvalue weighted by atomic mass is 9.94. The highest BCUT2D eigenvalue weighted by atomic mass is 32.2. The fraction of sp³-hybridized carbons (Fsp3) is 0.444. The number of aromatic nitrogens is 3. The standard InChI is InChI=1S/C18H19F2N5O3S/c1-28-16-6-12(13(19)9-21-16)15-7-14(23-25(15)29-20)17(27)24-5-2-11(22-10-26)8-18(24)3-4-18/h6-7,9-11H,2-5,8H2,1H3,(H,22,26). The highest BCUT2D eigenvalue weighted by Gasteiger charge is 2.53. The average molecular weight is 423 g/mol. The Labute approximate surface area is 170 Å². The van der Waals surface area contributed by atoms with Crippen molar-refractivity contribution in [1.82, 2.24) is 24.4 Å². The molecule has 0 radical (unpaired) electrons. The van der Waals surface area contributed by atoms with Crippen LogP contribution in [0.4, 0.5) is 8.28 Å². The lowest BCUT2D eigenvalue weighted by Crippen LogP contribution is -2.52. The number of rotatable bonds is 6. The quantitative estimate of drug-likeness (QED) is 0.718. The van der Waals surface area contributed by atoms with Crippen molar-refractivity contribution < 1.29 is 22.6 Å². The summed E-state index contributed by atoms with van der Waals surface area (Å²) in [5.41, 5.74) is -0.133. The van der Waals surface area contributed by atoms with Crippen LogP contribution in [0.1, 0.15) is 36.2 Å². The summed E-state index contributed by atoms with van der Waals surface area (Å²) in [6, 6.07) is 2.73. The second-order valence-electron chi connectivity index (χ2n) is 7.22. The average Bonchev–Trinajstić information content (AvgIpc) is 3.34. The molecule has 1 aliphatic carbocycles. The van der Waals surface area contributed by atoms with Crippen molar-refractivity contribution in [3.8, 4) is 17.1 Å². The van der Waals surface area contributed by atoms with Crippen molar-refractivity contribution >= 4 is 24.7 Å². The van der Waals surface area contributed by atoms with Gasteiger partial charge in [0.1, 0.15) is 0 Å². The molecule has 1 saturated heterocycles. The zero-order chi connectivity index (χ0) is 20.6. The smallest absolute Gasteiger partial charge is 0.274 e. The highest BCUT2D eigenvalue weighted by molar-refractivity contribution is 7.92. The Hall–Kier alpha value is -2.69. The third-order valence-corrected chi connectivity index (χ3v) is 5.96. The number of nitrogens with zero attached hydrogens (tertiary/aromatic N) is 4. The molecule has 3 heterocycles. The van der Waals surface area contributed by atoms with E-state index in [1.807, 2.05) is 0 Å². The summed E-state index contributed by atoms with van der Waals surface area (Å²) in [5, 5.41) is 6.83. The molecular weight excluding hydrogens is 404 g/mol. The van der Waals surface area contributed by atoms with Crippen LogP contribution in [0.2, 0.25) is 0 Å². The molecule has 8 nitrogen and oxygen atoms in total. The Balaban J connectivity index is 1.64. The van der Waals surface area contributed by atoms with Crippen LogP contribution >= 0.6 is 12.3 Å². The fourth-order valence-electron chi connectivity index (χ4n) is 3.94. The minimum Gasteiger partial charge on any atom is -0.481 e. The van der Waals surface area contributed by atoms with Gasteiger partial charge in [0.25, 0.3) is 5.91 Å². The Kier molecular flexibility index (Phi) is 5.15. The Morgan fingerprint density at radius 3 is 2.90 bits per heavy atom. The van der Waals surface area contributed by atoms with Gasteiger partial charge in [-0.25, -0.2) is 9.37 Å². The number of carbonyl (C=O) groups is 2. The minimum atomic E-state index is -0.681. The molecule has 29 heavy (non-hydrogen) atoms. The monoisotopic (exact) mass is 423 g/mol. The predicted molar refractivity (Wildman–Crippen MR) is 101 cm³/mol. The molecule has 2 fully saturated rings. The number of methoxy groups -OCH3 is 1. The van der Waals surface area contributed by atoms with Crippen molar-refractivity contribution in [3.63, 3.8) is 0 Å². The Morgan fingerprint density at radius 1 is 1.45 bits per heavy atom. The van der Waals surface area contributed by atoms with E-state index in [9.17, 15) is 17.9 Å². The molecule has 1 aliphatic heterocycles. The summed E-state index contributed by atoms with van der Waals surface area (Å²) >= 11 is -0.222. The van der Waals surface area contributed by atoms with Gasteiger partial charge in [0.05, 0.1) is 19.0 Å². The maximum Gasteiger partial charge on any atom is 0.274 e. The van der Waals surface area contributed by atoms with Crippen LogP contribution in [0.5, 0.6) is 5.88 Å². The molecule has 1 spiro atoms. The zero-order valence-electron chi connectivity index (χ0n) is 15.6. The molecule has 1 saturated carbocycles. The van der Waals surface area contributed by atoms with E-state index in [-0.39, 0.29) is 52.7 Å². The molecule has 154 valence electrons. The van der Waals surface area contributed by atoms with Gasteiger partial charge in [-0.3, -0.25) is 9.59 Å². The number of carbonyl (C=O) groups excluding carboxylic acids is 2. The topological polar surface area (TPSA) is 89.4 Å². The van der Waals surface area contributed by atoms with Gasteiger partial charge in [-0.15, -0.1) is 3.89 Å². The van der Waals surface area contributed by atoms with Crippen molar-refractivity contribution in [3.05, 3.63) is 29.8 Å². The van der Waals surface area contributed by atoms with E-state index in [0.717, 1.165) is 23.1 Å². The summed E-state index contributed by atoms with van der Waals surface area (Å²) in [6.07, 6.45) is 4.66. The second kappa shape index (κ2) is 7.62. The number of hydrogen-bond acceptors (Lipinski definition) is 6. The number of ether oxygens (including phenoxy) is 1. The number of hydrogen-bond donors (Lipinski definition) is 1. The number of amides is 2. The molecule has 4 rings (SSSR count). The molecule has 2 aromatic rings. The van der Waals surface area contributed by atoms with Crippen molar-refractivity contribution in [2.75, 3.05) is 13.7 Å². The first kappa shape index (κ1) is 19.6. The first-order valence-corrected chi connectivity index (χ1v) is 9.79. The van der Waals surface area contributed by atoms with Crippen LogP contribution in [0, 0.1) is 5.82 Å². The van der Waals surface area contributed by atoms with Crippen LogP contribution < -0.4 is 10.1 Å². The number of halogens is 2. The van der Waals surface area contributed by atoms with Gasteiger partial charge in [0, 0.05) is 29.8 Å². The van der Waals surface area contributed by atoms with E-state index >= 15 is 0 Å². The van der Waals surface area contributed by atoms with Crippen LogP contribution in [-0.4, -0.2) is 56.6 Å². The summed E-state index contributed by atoms with van der Waals surface area (Å²) < 4.78 is 33.7. The number of nitrogens with one attached hydrogen (secondary N) is 1. The minimum absolute atomic E-state index is 0.0311. The second-order valence-corrected chi connectivity index (χ2v) is 7.70. The van der Waals surface area contributed by atoms with E-state index < -0.39 is 5.82 Å². The SMILES string of the molecule is COc1cc(-c2cc(C(=O)N3CCC(NC=O)CC34CC4)nn2SF)c(F)cn1. The molecule has 2 amide bonds. The summed E-state index contributed by atoms with van der Waals surface area (Å²) in [6.45, 7) is 0.465. The molecule has 11 heteroatoms. The summed E-state index contributed by atoms with van der Waals surface area (Å²) in [5.74, 6) is -0.852. The Morgan fingerprint density at radius 2 is 2.24 bits per heavy atom. The lowest BCUT2D eigenvalue weighted by molar-refractivity contribution is -0.110. The van der Waals surface area contributed by atoms with Gasteiger partial charge in [-0.05, 0) is 31.7 Å². The summed E-state index contributed by atoms with van der Waals surface area (Å²) in [7, 11) is 1.39. The molecule has 1 unspecified atom stereocenters. The Bertz CT molecular complexity index is 950. The molecular formula is C18H19F2N5O3S. The first-order chi connectivity index (χ1) is 14.0. The highest BCUT2D eigenvalue weighted by Crippen LogP contribution is 2.49. The van der Waals surface area contributed by atoms with Gasteiger partial charge in [-0.2, -0.15) is 9.19 Å². The molecule has 1 atom stereocenters. The lowest BCUT2D eigenvalue weighted by Gasteiger charge is -2.39. The molecule has 0 bridgehead atoms. The number of piperidine rings is 1. The fourth-order valence-corrected chi connectivity index (χ4v) is 4.28. The third kappa shape index (κ3) is 3.54. The van der Waals surface area contributed by atoms with Crippen LogP contribution in [0.15, 0.2) is 18.3 Å². The third-order valence-electron chi connectivity index (χ3n) is 5.55. The molecule has 0 aromatic carbocycles. The van der Waals surface area contributed by atoms with E-state index in [1.165, 1.54) is 19.2 Å². The van der Waals surface area contributed by atoms with Crippen molar-refractivity contribution in [1.29, 1.82) is 0 Å². The number of likely N-dealkylation sites (tertiary alicyclic amines) is 1. The van der Waals surface area contributed by atoms with E-state index in [0.29, 0.717) is 25.8 Å². The van der Waals surface area contributed by atoms with Gasteiger partial charge >= 0.3 is 0 Å². The summed E-state index contributed by atoms with van der Waals surface area (Å²) in [4.78, 5) is 29.4. The normalized spacial score (nSPS) is 19.8. The van der Waals surface area contributed by atoms with Gasteiger partial charge in [0.15, 0.2) is 23.8 Å². The predicted octanol–water partition coefficient (Wildman–Crippen LogP) is 2.36. The molecule has 2 aliphatic rings. The van der Waals surface area contributed by atoms with E-state index in [1.54, 1.807) is 4.90 Å².